The third-order valence-electron chi connectivity index (χ3n) is 6.28. The Bertz CT molecular complexity index is 899. The van der Waals surface area contributed by atoms with Crippen molar-refractivity contribution < 1.29 is 31.3 Å². The Morgan fingerprint density at radius 2 is 1.12 bits per heavy atom. The number of nitrogens with zero attached hydrogens (tertiary/aromatic N) is 3. The van der Waals surface area contributed by atoms with E-state index in [9.17, 15) is 14.4 Å². The zero-order valence-corrected chi connectivity index (χ0v) is 23.2. The molecule has 1 fully saturated rings. The van der Waals surface area contributed by atoms with Crippen LogP contribution in [0.5, 0.6) is 0 Å². The minimum absolute atomic E-state index is 0.0279. The number of hydrogen-bond donors (Lipinski definition) is 0. The molecule has 2 rings (SSSR count). The fourth-order valence-electron chi connectivity index (χ4n) is 4.35. The molecule has 0 radical (unpaired) electrons. The molecule has 1 aromatic rings. The van der Waals surface area contributed by atoms with Crippen molar-refractivity contribution in [3.05, 3.63) is 31.5 Å². The summed E-state index contributed by atoms with van der Waals surface area (Å²) in [6, 6.07) is 0. The predicted molar refractivity (Wildman–Crippen MR) is 126 cm³/mol. The highest BCUT2D eigenvalue weighted by Crippen LogP contribution is 2.27. The van der Waals surface area contributed by atoms with Crippen molar-refractivity contribution in [1.82, 2.24) is 13.7 Å². The molecular weight excluding hydrogens is 486 g/mol. The maximum Gasteiger partial charge on any atom is 0.524 e. The fraction of sp³-hybridized carbons (Fsp3) is 0.842. The largest absolute Gasteiger partial charge is 0.524 e. The second-order valence-corrected chi connectivity index (χ2v) is 14.0. The molecule has 3 unspecified atom stereocenters. The van der Waals surface area contributed by atoms with Crippen LogP contribution in [0.1, 0.15) is 44.4 Å². The van der Waals surface area contributed by atoms with Crippen molar-refractivity contribution in [2.24, 2.45) is 0 Å². The highest BCUT2D eigenvalue weighted by molar-refractivity contribution is 6.61. The molecule has 0 saturated carbocycles. The van der Waals surface area contributed by atoms with E-state index in [4.69, 9.17) is 31.3 Å². The van der Waals surface area contributed by atoms with E-state index in [1.54, 1.807) is 13.8 Å². The average Bonchev–Trinajstić information content (AvgIpc) is 3.68. The van der Waals surface area contributed by atoms with Gasteiger partial charge in [0, 0.05) is 49.2 Å². The third-order valence-corrected chi connectivity index (χ3v) is 12.7. The quantitative estimate of drug-likeness (QED) is 0.223. The monoisotopic (exact) mass is 523 g/mol. The molecule has 3 atom stereocenters. The van der Waals surface area contributed by atoms with Gasteiger partial charge < -0.3 is 31.3 Å². The summed E-state index contributed by atoms with van der Waals surface area (Å²) in [7, 11) is 1.34. The first-order chi connectivity index (χ1) is 16.2. The first-order valence-corrected chi connectivity index (χ1v) is 14.7. The Balaban J connectivity index is 2.93. The molecule has 1 saturated heterocycles. The maximum absolute atomic E-state index is 13.9. The Morgan fingerprint density at radius 1 is 0.765 bits per heavy atom. The van der Waals surface area contributed by atoms with Gasteiger partial charge >= 0.3 is 34.7 Å². The second-order valence-electron chi connectivity index (χ2n) is 7.76. The topological polar surface area (TPSA) is 134 Å². The number of hydrogen-bond acceptors (Lipinski definition) is 10. The number of rotatable bonds is 15. The highest BCUT2D eigenvalue weighted by Gasteiger charge is 2.52. The van der Waals surface area contributed by atoms with E-state index < -0.39 is 46.0 Å². The van der Waals surface area contributed by atoms with Gasteiger partial charge in [-0.15, -0.1) is 0 Å². The van der Waals surface area contributed by atoms with Gasteiger partial charge in [0.15, 0.2) is 0 Å². The van der Waals surface area contributed by atoms with Gasteiger partial charge in [-0.2, -0.15) is 0 Å². The van der Waals surface area contributed by atoms with Gasteiger partial charge in [-0.05, 0) is 19.3 Å². The van der Waals surface area contributed by atoms with Crippen molar-refractivity contribution in [1.29, 1.82) is 0 Å². The molecule has 1 aliphatic rings. The van der Waals surface area contributed by atoms with Gasteiger partial charge in [-0.25, -0.2) is 28.1 Å². The summed E-state index contributed by atoms with van der Waals surface area (Å²) >= 11 is 0. The van der Waals surface area contributed by atoms with Crippen LogP contribution in [0.15, 0.2) is 14.4 Å². The van der Waals surface area contributed by atoms with Gasteiger partial charge in [0.1, 0.15) is 11.3 Å². The van der Waals surface area contributed by atoms with Crippen LogP contribution >= 0.6 is 0 Å². The summed E-state index contributed by atoms with van der Waals surface area (Å²) in [6.07, 6.45) is 0.974. The van der Waals surface area contributed by atoms with E-state index in [0.717, 1.165) is 13.7 Å². The highest BCUT2D eigenvalue weighted by atomic mass is 28.4. The van der Waals surface area contributed by atoms with Crippen molar-refractivity contribution in [2.45, 2.75) is 57.1 Å². The molecule has 2 heterocycles. The smallest absolute Gasteiger partial charge is 0.376 e. The second kappa shape index (κ2) is 12.0. The van der Waals surface area contributed by atoms with Crippen LogP contribution in [0.25, 0.3) is 0 Å². The van der Waals surface area contributed by atoms with Crippen LogP contribution in [0.4, 0.5) is 0 Å². The van der Waals surface area contributed by atoms with Gasteiger partial charge in [0.05, 0.1) is 12.7 Å². The van der Waals surface area contributed by atoms with Crippen molar-refractivity contribution in [3.8, 4) is 0 Å². The molecule has 196 valence electrons. The summed E-state index contributed by atoms with van der Waals surface area (Å²) in [5, 5.41) is 0. The van der Waals surface area contributed by atoms with Crippen LogP contribution in [0, 0.1) is 0 Å². The number of aromatic nitrogens is 3. The molecule has 0 N–H and O–H groups in total. The lowest BCUT2D eigenvalue weighted by Gasteiger charge is -2.35. The Morgan fingerprint density at radius 3 is 1.38 bits per heavy atom. The molecule has 34 heavy (non-hydrogen) atoms. The van der Waals surface area contributed by atoms with Crippen LogP contribution < -0.4 is 17.1 Å². The first-order valence-electron chi connectivity index (χ1n) is 11.1. The minimum Gasteiger partial charge on any atom is -0.376 e. The van der Waals surface area contributed by atoms with Crippen molar-refractivity contribution >= 4 is 17.6 Å². The van der Waals surface area contributed by atoms with Gasteiger partial charge in [-0.3, -0.25) is 0 Å². The van der Waals surface area contributed by atoms with E-state index in [1.165, 1.54) is 42.7 Å². The Labute approximate surface area is 200 Å². The van der Waals surface area contributed by atoms with Crippen LogP contribution in [0.3, 0.4) is 0 Å². The maximum atomic E-state index is 13.9. The first kappa shape index (κ1) is 28.8. The average molecular weight is 524 g/mol. The fourth-order valence-corrected chi connectivity index (χ4v) is 9.06. The summed E-state index contributed by atoms with van der Waals surface area (Å²) in [4.78, 5) is 41.1. The summed E-state index contributed by atoms with van der Waals surface area (Å²) in [5.74, 6) is 0. The van der Waals surface area contributed by atoms with Gasteiger partial charge in [0.2, 0.25) is 0 Å². The van der Waals surface area contributed by atoms with E-state index >= 15 is 0 Å². The van der Waals surface area contributed by atoms with Gasteiger partial charge in [-0.1, -0.05) is 13.8 Å². The number of ether oxygens (including phenoxy) is 1. The third kappa shape index (κ3) is 5.07. The molecule has 0 spiro atoms. The molecule has 13 nitrogen and oxygen atoms in total. The lowest BCUT2D eigenvalue weighted by molar-refractivity contribution is 0.0926. The van der Waals surface area contributed by atoms with Crippen molar-refractivity contribution in [2.75, 3.05) is 49.3 Å². The molecule has 0 amide bonds. The lowest BCUT2D eigenvalue weighted by atomic mass is 10.3. The molecule has 15 heteroatoms. The van der Waals surface area contributed by atoms with E-state index in [1.807, 2.05) is 0 Å². The van der Waals surface area contributed by atoms with Crippen molar-refractivity contribution in [3.63, 3.8) is 0 Å². The number of epoxide rings is 1. The molecule has 0 aliphatic carbocycles. The summed E-state index contributed by atoms with van der Waals surface area (Å²) < 4.78 is 41.9. The molecule has 1 aliphatic heterocycles. The predicted octanol–water partition coefficient (Wildman–Crippen LogP) is -0.303. The van der Waals surface area contributed by atoms with E-state index in [0.29, 0.717) is 13.0 Å². The Hall–Kier alpha value is -1.44. The minimum atomic E-state index is -3.53. The van der Waals surface area contributed by atoms with Crippen LogP contribution in [0.2, 0.25) is 0 Å². The SMILES string of the molecule is CCC(n1c(=O)n(CCC2CO2)c(=O)n(C(CC)[Si](OC)(OC)OC)c1=O)[Si](OC)(OC)OC. The van der Waals surface area contributed by atoms with Gasteiger partial charge in [0.25, 0.3) is 0 Å². The summed E-state index contributed by atoms with van der Waals surface area (Å²) in [6.45, 7) is 4.20. The molecular formula is C19H37N3O10Si2. The standard InChI is InChI=1S/C19H37N3O10Si2/c1-9-15(33(26-3,27-4)28-5)21-17(23)20(12-11-14-13-32-14)18(24)22(19(21)25)16(10-2)34(29-6,30-7)31-8/h14-16H,9-13H2,1-8H3. The van der Waals surface area contributed by atoms with E-state index in [-0.39, 0.29) is 25.5 Å². The summed E-state index contributed by atoms with van der Waals surface area (Å²) in [5.41, 5.74) is -4.14. The molecule has 1 aromatic heterocycles. The zero-order chi connectivity index (χ0) is 25.7. The van der Waals surface area contributed by atoms with Crippen LogP contribution in [-0.2, 0) is 37.8 Å². The molecule has 0 aromatic carbocycles. The van der Waals surface area contributed by atoms with E-state index in [2.05, 4.69) is 0 Å². The Kier molecular flexibility index (Phi) is 10.2. The normalized spacial score (nSPS) is 18.2. The molecule has 0 bridgehead atoms. The van der Waals surface area contributed by atoms with Crippen LogP contribution in [-0.4, -0.2) is 86.7 Å². The lowest BCUT2D eigenvalue weighted by Crippen LogP contribution is -2.65. The zero-order valence-electron chi connectivity index (χ0n) is 21.2.